The van der Waals surface area contributed by atoms with E-state index in [1.54, 1.807) is 0 Å². The van der Waals surface area contributed by atoms with Gasteiger partial charge in [-0.3, -0.25) is 0 Å². The quantitative estimate of drug-likeness (QED) is 0.733. The van der Waals surface area contributed by atoms with Gasteiger partial charge >= 0.3 is 0 Å². The average Bonchev–Trinajstić information content (AvgIpc) is 2.59. The summed E-state index contributed by atoms with van der Waals surface area (Å²) in [5.41, 5.74) is 6.19. The molecule has 1 aliphatic heterocycles. The van der Waals surface area contributed by atoms with Crippen molar-refractivity contribution in [1.82, 2.24) is 14.9 Å². The Morgan fingerprint density at radius 3 is 3.07 bits per heavy atom. The second-order valence-electron chi connectivity index (χ2n) is 3.82. The maximum Gasteiger partial charge on any atom is 0.157 e. The number of aromatic nitrogens is 2. The van der Waals surface area contributed by atoms with Crippen molar-refractivity contribution in [3.05, 3.63) is 11.5 Å². The minimum absolute atomic E-state index is 0.304. The molecule has 1 saturated heterocycles. The van der Waals surface area contributed by atoms with Gasteiger partial charge in [0.1, 0.15) is 12.0 Å². The molecule has 0 saturated carbocycles. The van der Waals surface area contributed by atoms with E-state index in [9.17, 15) is 0 Å². The van der Waals surface area contributed by atoms with E-state index in [0.717, 1.165) is 19.5 Å². The molecule has 0 radical (unpaired) electrons. The van der Waals surface area contributed by atoms with Crippen molar-refractivity contribution in [2.24, 2.45) is 0 Å². The lowest BCUT2D eigenvalue weighted by atomic mass is 10.2. The Balaban J connectivity index is 2.07. The van der Waals surface area contributed by atoms with Gasteiger partial charge in [-0.05, 0) is 20.0 Å². The Morgan fingerprint density at radius 2 is 2.40 bits per heavy atom. The highest BCUT2D eigenvalue weighted by Crippen LogP contribution is 2.23. The number of likely N-dealkylation sites (tertiary alicyclic amines) is 1. The van der Waals surface area contributed by atoms with E-state index in [1.165, 1.54) is 6.33 Å². The number of likely N-dealkylation sites (N-methyl/N-ethyl adjacent to an activating group) is 1. The molecule has 0 aromatic carbocycles. The summed E-state index contributed by atoms with van der Waals surface area (Å²) in [4.78, 5) is 10.1. The van der Waals surface area contributed by atoms with Crippen molar-refractivity contribution in [3.8, 4) is 0 Å². The Morgan fingerprint density at radius 1 is 1.60 bits per heavy atom. The summed E-state index contributed by atoms with van der Waals surface area (Å²) >= 11 is 5.80. The summed E-state index contributed by atoms with van der Waals surface area (Å²) in [5, 5.41) is 3.58. The molecule has 0 spiro atoms. The number of nitrogens with one attached hydrogen (secondary N) is 1. The van der Waals surface area contributed by atoms with Crippen LogP contribution in [0.15, 0.2) is 6.33 Å². The van der Waals surface area contributed by atoms with E-state index in [1.807, 2.05) is 0 Å². The van der Waals surface area contributed by atoms with Gasteiger partial charge in [-0.25, -0.2) is 9.97 Å². The Bertz CT molecular complexity index is 356. The molecular formula is C9H14ClN5. The molecular weight excluding hydrogens is 214 g/mol. The third-order valence-corrected chi connectivity index (χ3v) is 2.87. The van der Waals surface area contributed by atoms with Crippen molar-refractivity contribution in [3.63, 3.8) is 0 Å². The molecule has 1 aromatic rings. The van der Waals surface area contributed by atoms with E-state index < -0.39 is 0 Å². The number of halogens is 1. The predicted octanol–water partition coefficient (Wildman–Crippen LogP) is 0.828. The molecule has 82 valence electrons. The van der Waals surface area contributed by atoms with Gasteiger partial charge in [-0.1, -0.05) is 11.6 Å². The largest absolute Gasteiger partial charge is 0.393 e. The highest BCUT2D eigenvalue weighted by atomic mass is 35.5. The van der Waals surface area contributed by atoms with Crippen molar-refractivity contribution < 1.29 is 0 Å². The van der Waals surface area contributed by atoms with Gasteiger partial charge in [0.2, 0.25) is 0 Å². The molecule has 2 rings (SSSR count). The first-order valence-electron chi connectivity index (χ1n) is 4.88. The first-order chi connectivity index (χ1) is 7.16. The standard InChI is InChI=1S/C9H14ClN5/c1-15-3-2-6(4-15)14-9-7(11)8(10)12-5-13-9/h5-6H,2-4,11H2,1H3,(H,12,13,14). The fourth-order valence-electron chi connectivity index (χ4n) is 1.74. The van der Waals surface area contributed by atoms with Crippen LogP contribution in [0.1, 0.15) is 6.42 Å². The molecule has 5 nitrogen and oxygen atoms in total. The lowest BCUT2D eigenvalue weighted by Gasteiger charge is -2.14. The monoisotopic (exact) mass is 227 g/mol. The molecule has 2 heterocycles. The molecule has 0 aliphatic carbocycles. The average molecular weight is 228 g/mol. The van der Waals surface area contributed by atoms with E-state index >= 15 is 0 Å². The molecule has 0 amide bonds. The molecule has 1 aliphatic rings. The Hall–Kier alpha value is -1.07. The van der Waals surface area contributed by atoms with E-state index in [2.05, 4.69) is 27.2 Å². The normalized spacial score (nSPS) is 21.9. The van der Waals surface area contributed by atoms with Crippen LogP contribution in [0.2, 0.25) is 5.15 Å². The predicted molar refractivity (Wildman–Crippen MR) is 61.0 cm³/mol. The molecule has 1 unspecified atom stereocenters. The fourth-order valence-corrected chi connectivity index (χ4v) is 1.87. The zero-order valence-corrected chi connectivity index (χ0v) is 9.33. The van der Waals surface area contributed by atoms with Crippen LogP contribution >= 0.6 is 11.6 Å². The van der Waals surface area contributed by atoms with Gasteiger partial charge in [0.25, 0.3) is 0 Å². The summed E-state index contributed by atoms with van der Waals surface area (Å²) in [5.74, 6) is 0.635. The molecule has 1 atom stereocenters. The maximum absolute atomic E-state index is 5.80. The maximum atomic E-state index is 5.80. The van der Waals surface area contributed by atoms with Crippen molar-refractivity contribution in [1.29, 1.82) is 0 Å². The SMILES string of the molecule is CN1CCC(Nc2ncnc(Cl)c2N)C1. The molecule has 3 N–H and O–H groups in total. The summed E-state index contributed by atoms with van der Waals surface area (Å²) < 4.78 is 0. The summed E-state index contributed by atoms with van der Waals surface area (Å²) in [6.45, 7) is 2.09. The van der Waals surface area contributed by atoms with Gasteiger partial charge in [-0.15, -0.1) is 0 Å². The van der Waals surface area contributed by atoms with Crippen LogP contribution in [0.4, 0.5) is 11.5 Å². The van der Waals surface area contributed by atoms with Gasteiger partial charge in [0.15, 0.2) is 11.0 Å². The first kappa shape index (κ1) is 10.4. The molecule has 6 heteroatoms. The highest BCUT2D eigenvalue weighted by Gasteiger charge is 2.20. The van der Waals surface area contributed by atoms with E-state index in [4.69, 9.17) is 17.3 Å². The minimum atomic E-state index is 0.304. The van der Waals surface area contributed by atoms with Crippen LogP contribution < -0.4 is 11.1 Å². The second-order valence-corrected chi connectivity index (χ2v) is 4.18. The summed E-state index contributed by atoms with van der Waals surface area (Å²) in [6.07, 6.45) is 2.51. The smallest absolute Gasteiger partial charge is 0.157 e. The van der Waals surface area contributed by atoms with Gasteiger partial charge < -0.3 is 16.0 Å². The highest BCUT2D eigenvalue weighted by molar-refractivity contribution is 6.32. The van der Waals surface area contributed by atoms with Crippen LogP contribution in [-0.2, 0) is 0 Å². The lowest BCUT2D eigenvalue weighted by Crippen LogP contribution is -2.24. The number of nitrogens with two attached hydrogens (primary N) is 1. The second kappa shape index (κ2) is 4.20. The number of hydrogen-bond donors (Lipinski definition) is 2. The van der Waals surface area contributed by atoms with Crippen molar-refractivity contribution in [2.45, 2.75) is 12.5 Å². The zero-order valence-electron chi connectivity index (χ0n) is 8.57. The van der Waals surface area contributed by atoms with Crippen LogP contribution in [0, 0.1) is 0 Å². The van der Waals surface area contributed by atoms with Crippen molar-refractivity contribution >= 4 is 23.1 Å². The van der Waals surface area contributed by atoms with Crippen molar-refractivity contribution in [2.75, 3.05) is 31.2 Å². The van der Waals surface area contributed by atoms with E-state index in [0.29, 0.717) is 22.7 Å². The molecule has 1 fully saturated rings. The van der Waals surface area contributed by atoms with Crippen LogP contribution in [0.25, 0.3) is 0 Å². The van der Waals surface area contributed by atoms with Gasteiger partial charge in [-0.2, -0.15) is 0 Å². The minimum Gasteiger partial charge on any atom is -0.393 e. The van der Waals surface area contributed by atoms with Crippen LogP contribution in [0.5, 0.6) is 0 Å². The number of hydrogen-bond acceptors (Lipinski definition) is 5. The number of anilines is 2. The van der Waals surface area contributed by atoms with Gasteiger partial charge in [0.05, 0.1) is 0 Å². The molecule has 0 bridgehead atoms. The van der Waals surface area contributed by atoms with Crippen LogP contribution in [-0.4, -0.2) is 41.0 Å². The van der Waals surface area contributed by atoms with Gasteiger partial charge in [0, 0.05) is 12.6 Å². The molecule has 1 aromatic heterocycles. The third kappa shape index (κ3) is 2.30. The Kier molecular flexibility index (Phi) is 2.93. The lowest BCUT2D eigenvalue weighted by molar-refractivity contribution is 0.414. The number of rotatable bonds is 2. The summed E-state index contributed by atoms with van der Waals surface area (Å²) in [6, 6.07) is 0.392. The number of nitrogens with zero attached hydrogens (tertiary/aromatic N) is 3. The fraction of sp³-hybridized carbons (Fsp3) is 0.556. The summed E-state index contributed by atoms with van der Waals surface area (Å²) in [7, 11) is 2.10. The topological polar surface area (TPSA) is 67.1 Å². The number of nitrogen functional groups attached to an aromatic ring is 1. The molecule has 15 heavy (non-hydrogen) atoms. The first-order valence-corrected chi connectivity index (χ1v) is 5.25. The zero-order chi connectivity index (χ0) is 10.8. The Labute approximate surface area is 93.6 Å². The van der Waals surface area contributed by atoms with Crippen LogP contribution in [0.3, 0.4) is 0 Å². The van der Waals surface area contributed by atoms with E-state index in [-0.39, 0.29) is 0 Å². The third-order valence-electron chi connectivity index (χ3n) is 2.57.